The largest absolute Gasteiger partial charge is 0.494 e. The van der Waals surface area contributed by atoms with Crippen molar-refractivity contribution in [3.63, 3.8) is 0 Å². The lowest BCUT2D eigenvalue weighted by atomic mass is 10.0. The molecule has 3 aromatic rings. The molecule has 37 heavy (non-hydrogen) atoms. The van der Waals surface area contributed by atoms with Crippen LogP contribution in [0.4, 0.5) is 17.1 Å². The van der Waals surface area contributed by atoms with Crippen LogP contribution in [0.3, 0.4) is 0 Å². The van der Waals surface area contributed by atoms with Gasteiger partial charge in [-0.2, -0.15) is 0 Å². The number of methoxy groups -OCH3 is 1. The zero-order valence-corrected chi connectivity index (χ0v) is 23.1. The van der Waals surface area contributed by atoms with Crippen LogP contribution in [0.25, 0.3) is 0 Å². The van der Waals surface area contributed by atoms with Crippen molar-refractivity contribution < 1.29 is 14.3 Å². The van der Waals surface area contributed by atoms with Gasteiger partial charge in [-0.3, -0.25) is 4.98 Å². The Morgan fingerprint density at radius 3 is 2.41 bits per heavy atom. The van der Waals surface area contributed by atoms with Crippen molar-refractivity contribution in [1.29, 1.82) is 0 Å². The van der Waals surface area contributed by atoms with Crippen molar-refractivity contribution in [2.75, 3.05) is 57.2 Å². The van der Waals surface area contributed by atoms with Crippen molar-refractivity contribution in [3.05, 3.63) is 75.0 Å². The van der Waals surface area contributed by atoms with Crippen LogP contribution in [0, 0.1) is 6.92 Å². The van der Waals surface area contributed by atoms with E-state index in [2.05, 4.69) is 33.2 Å². The van der Waals surface area contributed by atoms with Crippen molar-refractivity contribution in [2.24, 2.45) is 0 Å². The number of likely N-dealkylation sites (N-methyl/N-ethyl adjacent to an activating group) is 1. The van der Waals surface area contributed by atoms with Crippen molar-refractivity contribution >= 4 is 46.2 Å². The summed E-state index contributed by atoms with van der Waals surface area (Å²) in [6.45, 7) is 7.77. The quantitative estimate of drug-likeness (QED) is 0.351. The highest BCUT2D eigenvalue weighted by Crippen LogP contribution is 2.35. The number of halogens is 2. The van der Waals surface area contributed by atoms with E-state index in [4.69, 9.17) is 32.7 Å². The Labute approximate surface area is 228 Å². The summed E-state index contributed by atoms with van der Waals surface area (Å²) in [5.74, 6) is 0.238. The van der Waals surface area contributed by atoms with E-state index in [9.17, 15) is 4.79 Å². The SMILES string of the molecule is CCOC(=O)c1c(Nc2ccc(N3CCN(C)CC3)cc2OC)cc(Cc2c(Cl)cccc2Cl)nc1C. The Morgan fingerprint density at radius 1 is 1.05 bits per heavy atom. The molecule has 0 unspecified atom stereocenters. The van der Waals surface area contributed by atoms with Gasteiger partial charge < -0.3 is 24.6 Å². The number of aryl methyl sites for hydroxylation is 1. The molecule has 0 radical (unpaired) electrons. The molecule has 2 aromatic carbocycles. The van der Waals surface area contributed by atoms with Gasteiger partial charge in [0.15, 0.2) is 0 Å². The van der Waals surface area contributed by atoms with Gasteiger partial charge in [-0.05, 0) is 56.8 Å². The maximum Gasteiger partial charge on any atom is 0.342 e. The third-order valence-electron chi connectivity index (χ3n) is 6.48. The summed E-state index contributed by atoms with van der Waals surface area (Å²) in [7, 11) is 3.78. The molecule has 4 rings (SSSR count). The van der Waals surface area contributed by atoms with Crippen LogP contribution in [0.2, 0.25) is 10.0 Å². The molecule has 1 aromatic heterocycles. The monoisotopic (exact) mass is 542 g/mol. The molecule has 2 heterocycles. The Hall–Kier alpha value is -3.00. The van der Waals surface area contributed by atoms with E-state index >= 15 is 0 Å². The minimum Gasteiger partial charge on any atom is -0.494 e. The number of piperazine rings is 1. The minimum absolute atomic E-state index is 0.262. The zero-order chi connectivity index (χ0) is 26.5. The standard InChI is InChI=1S/C28H32Cl2N4O3/c1-5-37-28(35)27-18(2)31-19(15-21-22(29)7-6-8-23(21)30)16-25(27)32-24-10-9-20(17-26(24)36-4)34-13-11-33(3)12-14-34/h6-10,16-17H,5,11-15H2,1-4H3,(H,31,32). The fraction of sp³-hybridized carbons (Fsp3) is 0.357. The van der Waals surface area contributed by atoms with Crippen LogP contribution in [-0.2, 0) is 11.2 Å². The Kier molecular flexibility index (Phi) is 8.79. The molecular weight excluding hydrogens is 511 g/mol. The Morgan fingerprint density at radius 2 is 1.76 bits per heavy atom. The minimum atomic E-state index is -0.439. The van der Waals surface area contributed by atoms with E-state index in [0.717, 1.165) is 48.8 Å². The third kappa shape index (κ3) is 6.29. The molecular formula is C28H32Cl2N4O3. The number of nitrogens with zero attached hydrogens (tertiary/aromatic N) is 3. The number of rotatable bonds is 8. The number of hydrogen-bond donors (Lipinski definition) is 1. The topological polar surface area (TPSA) is 66.9 Å². The molecule has 1 aliphatic rings. The van der Waals surface area contributed by atoms with Gasteiger partial charge in [0.05, 0.1) is 30.8 Å². The van der Waals surface area contributed by atoms with Crippen LogP contribution >= 0.6 is 23.2 Å². The number of aromatic nitrogens is 1. The van der Waals surface area contributed by atoms with Gasteiger partial charge in [0.1, 0.15) is 11.3 Å². The summed E-state index contributed by atoms with van der Waals surface area (Å²) in [6, 6.07) is 13.3. The highest BCUT2D eigenvalue weighted by molar-refractivity contribution is 6.36. The number of esters is 1. The molecule has 0 amide bonds. The first-order valence-electron chi connectivity index (χ1n) is 12.3. The maximum absolute atomic E-state index is 12.9. The van der Waals surface area contributed by atoms with E-state index in [1.807, 2.05) is 24.3 Å². The Bertz CT molecular complexity index is 1260. The molecule has 1 N–H and O–H groups in total. The van der Waals surface area contributed by atoms with Gasteiger partial charge >= 0.3 is 5.97 Å². The summed E-state index contributed by atoms with van der Waals surface area (Å²) in [5, 5.41) is 4.54. The number of ether oxygens (including phenoxy) is 2. The van der Waals surface area contributed by atoms with Crippen molar-refractivity contribution in [3.8, 4) is 5.75 Å². The van der Waals surface area contributed by atoms with E-state index in [-0.39, 0.29) is 6.61 Å². The summed E-state index contributed by atoms with van der Waals surface area (Å²) < 4.78 is 11.1. The molecule has 0 saturated carbocycles. The lowest BCUT2D eigenvalue weighted by Crippen LogP contribution is -2.44. The number of benzene rings is 2. The summed E-state index contributed by atoms with van der Waals surface area (Å²) in [6.07, 6.45) is 0.413. The molecule has 0 spiro atoms. The predicted octanol–water partition coefficient (Wildman–Crippen LogP) is 5.97. The average molecular weight is 543 g/mol. The predicted molar refractivity (Wildman–Crippen MR) is 150 cm³/mol. The first kappa shape index (κ1) is 27.0. The molecule has 1 aliphatic heterocycles. The second kappa shape index (κ2) is 12.0. The molecule has 0 atom stereocenters. The summed E-state index contributed by atoms with van der Waals surface area (Å²) in [4.78, 5) is 22.3. The van der Waals surface area contributed by atoms with E-state index in [0.29, 0.717) is 39.2 Å². The lowest BCUT2D eigenvalue weighted by Gasteiger charge is -2.34. The molecule has 1 saturated heterocycles. The smallest absolute Gasteiger partial charge is 0.342 e. The molecule has 1 fully saturated rings. The van der Waals surface area contributed by atoms with Crippen molar-refractivity contribution in [1.82, 2.24) is 9.88 Å². The molecule has 0 bridgehead atoms. The third-order valence-corrected chi connectivity index (χ3v) is 7.18. The first-order valence-corrected chi connectivity index (χ1v) is 13.0. The van der Waals surface area contributed by atoms with Crippen molar-refractivity contribution in [2.45, 2.75) is 20.3 Å². The van der Waals surface area contributed by atoms with Crippen LogP contribution in [0.15, 0.2) is 42.5 Å². The fourth-order valence-corrected chi connectivity index (χ4v) is 4.99. The van der Waals surface area contributed by atoms with Crippen LogP contribution in [-0.4, -0.2) is 62.8 Å². The van der Waals surface area contributed by atoms with E-state index < -0.39 is 5.97 Å². The molecule has 0 aliphatic carbocycles. The van der Waals surface area contributed by atoms with E-state index in [1.165, 1.54) is 0 Å². The highest BCUT2D eigenvalue weighted by Gasteiger charge is 2.21. The fourth-order valence-electron chi connectivity index (χ4n) is 4.46. The molecule has 9 heteroatoms. The van der Waals surface area contributed by atoms with E-state index in [1.54, 1.807) is 33.1 Å². The summed E-state index contributed by atoms with van der Waals surface area (Å²) in [5.41, 5.74) is 4.84. The number of nitrogens with one attached hydrogen (secondary N) is 1. The first-order chi connectivity index (χ1) is 17.8. The second-order valence-electron chi connectivity index (χ2n) is 9.02. The second-order valence-corrected chi connectivity index (χ2v) is 9.83. The van der Waals surface area contributed by atoms with Crippen LogP contribution in [0.1, 0.15) is 34.2 Å². The van der Waals surface area contributed by atoms with Gasteiger partial charge in [0, 0.05) is 60.1 Å². The number of anilines is 3. The van der Waals surface area contributed by atoms with Gasteiger partial charge in [-0.15, -0.1) is 0 Å². The van der Waals surface area contributed by atoms with Gasteiger partial charge in [-0.25, -0.2) is 4.79 Å². The number of carbonyl (C=O) groups excluding carboxylic acids is 1. The maximum atomic E-state index is 12.9. The number of pyridine rings is 1. The molecule has 7 nitrogen and oxygen atoms in total. The van der Waals surface area contributed by atoms with Gasteiger partial charge in [0.25, 0.3) is 0 Å². The average Bonchev–Trinajstić information content (AvgIpc) is 2.87. The number of carbonyl (C=O) groups is 1. The normalized spacial score (nSPS) is 13.9. The zero-order valence-electron chi connectivity index (χ0n) is 21.6. The van der Waals surface area contributed by atoms with Crippen LogP contribution in [0.5, 0.6) is 5.75 Å². The molecule has 196 valence electrons. The van der Waals surface area contributed by atoms with Gasteiger partial charge in [0.2, 0.25) is 0 Å². The highest BCUT2D eigenvalue weighted by atomic mass is 35.5. The lowest BCUT2D eigenvalue weighted by molar-refractivity contribution is 0.0526. The van der Waals surface area contributed by atoms with Crippen LogP contribution < -0.4 is 15.0 Å². The summed E-state index contributed by atoms with van der Waals surface area (Å²) >= 11 is 12.8. The Balaban J connectivity index is 1.70. The number of hydrogen-bond acceptors (Lipinski definition) is 7. The van der Waals surface area contributed by atoms with Gasteiger partial charge in [-0.1, -0.05) is 29.3 Å².